The van der Waals surface area contributed by atoms with Crippen LogP contribution in [0.1, 0.15) is 19.8 Å². The fourth-order valence-corrected chi connectivity index (χ4v) is 1.65. The second kappa shape index (κ2) is 7.44. The van der Waals surface area contributed by atoms with Crippen LogP contribution in [0.5, 0.6) is 0 Å². The van der Waals surface area contributed by atoms with Crippen molar-refractivity contribution in [1.82, 2.24) is 0 Å². The van der Waals surface area contributed by atoms with Gasteiger partial charge in [0, 0.05) is 18.2 Å². The van der Waals surface area contributed by atoms with Crippen molar-refractivity contribution in [2.45, 2.75) is 19.8 Å². The lowest BCUT2D eigenvalue weighted by atomic mass is 10.2. The number of carbonyl (C=O) groups is 2. The van der Waals surface area contributed by atoms with Gasteiger partial charge in [0.05, 0.1) is 18.0 Å². The topological polar surface area (TPSA) is 98.5 Å². The van der Waals surface area contributed by atoms with Gasteiger partial charge in [0.1, 0.15) is 5.02 Å². The Bertz CT molecular complexity index is 533. The zero-order chi connectivity index (χ0) is 15.1. The summed E-state index contributed by atoms with van der Waals surface area (Å²) < 4.78 is 4.69. The maximum atomic E-state index is 11.6. The van der Waals surface area contributed by atoms with E-state index in [0.29, 0.717) is 5.69 Å². The zero-order valence-corrected chi connectivity index (χ0v) is 11.5. The number of nitrogens with one attached hydrogen (secondary N) is 1. The Morgan fingerprint density at radius 3 is 2.65 bits per heavy atom. The molecule has 0 saturated heterocycles. The number of nitro benzene ring substituents is 1. The van der Waals surface area contributed by atoms with Crippen molar-refractivity contribution in [3.05, 3.63) is 33.3 Å². The number of hydrogen-bond acceptors (Lipinski definition) is 5. The molecule has 8 heteroatoms. The molecule has 0 aliphatic carbocycles. The van der Waals surface area contributed by atoms with Gasteiger partial charge in [0.2, 0.25) is 5.91 Å². The van der Waals surface area contributed by atoms with Crippen molar-refractivity contribution in [2.75, 3.05) is 11.9 Å². The van der Waals surface area contributed by atoms with Crippen LogP contribution < -0.4 is 5.32 Å². The molecule has 1 aromatic rings. The smallest absolute Gasteiger partial charge is 0.306 e. The Labute approximate surface area is 120 Å². The molecule has 0 unspecified atom stereocenters. The number of amides is 1. The summed E-state index contributed by atoms with van der Waals surface area (Å²) >= 11 is 5.71. The van der Waals surface area contributed by atoms with Crippen molar-refractivity contribution in [1.29, 1.82) is 0 Å². The van der Waals surface area contributed by atoms with Crippen molar-refractivity contribution in [3.8, 4) is 0 Å². The Kier molecular flexibility index (Phi) is 5.92. The van der Waals surface area contributed by atoms with Gasteiger partial charge < -0.3 is 10.1 Å². The Balaban J connectivity index is 2.56. The third-order valence-electron chi connectivity index (χ3n) is 2.29. The van der Waals surface area contributed by atoms with Crippen LogP contribution in [0.4, 0.5) is 11.4 Å². The van der Waals surface area contributed by atoms with Gasteiger partial charge in [-0.05, 0) is 19.1 Å². The fourth-order valence-electron chi connectivity index (χ4n) is 1.40. The van der Waals surface area contributed by atoms with Crippen LogP contribution in [0.15, 0.2) is 18.2 Å². The number of halogens is 1. The molecule has 0 fully saturated rings. The van der Waals surface area contributed by atoms with Gasteiger partial charge in [-0.15, -0.1) is 0 Å². The Hall–Kier alpha value is -2.15. The molecule has 0 spiro atoms. The molecular formula is C12H13ClN2O5. The van der Waals surface area contributed by atoms with Crippen molar-refractivity contribution in [3.63, 3.8) is 0 Å². The third-order valence-corrected chi connectivity index (χ3v) is 2.59. The monoisotopic (exact) mass is 300 g/mol. The van der Waals surface area contributed by atoms with E-state index in [1.165, 1.54) is 18.2 Å². The van der Waals surface area contributed by atoms with E-state index in [9.17, 15) is 19.7 Å². The van der Waals surface area contributed by atoms with Crippen molar-refractivity contribution >= 4 is 34.9 Å². The molecule has 7 nitrogen and oxygen atoms in total. The summed E-state index contributed by atoms with van der Waals surface area (Å²) in [7, 11) is 0. The minimum Gasteiger partial charge on any atom is -0.466 e. The summed E-state index contributed by atoms with van der Waals surface area (Å²) in [6, 6.07) is 3.84. The number of hydrogen-bond donors (Lipinski definition) is 1. The van der Waals surface area contributed by atoms with Gasteiger partial charge in [-0.1, -0.05) is 11.6 Å². The highest BCUT2D eigenvalue weighted by Crippen LogP contribution is 2.27. The van der Waals surface area contributed by atoms with E-state index in [2.05, 4.69) is 10.1 Å². The Morgan fingerprint density at radius 1 is 1.40 bits per heavy atom. The maximum absolute atomic E-state index is 11.6. The first-order chi connectivity index (χ1) is 9.43. The van der Waals surface area contributed by atoms with Crippen molar-refractivity contribution < 1.29 is 19.2 Å². The second-order valence-corrected chi connectivity index (χ2v) is 4.18. The van der Waals surface area contributed by atoms with Gasteiger partial charge in [-0.25, -0.2) is 0 Å². The molecule has 1 rings (SSSR count). The van der Waals surface area contributed by atoms with Crippen LogP contribution in [0.25, 0.3) is 0 Å². The number of anilines is 1. The summed E-state index contributed by atoms with van der Waals surface area (Å²) in [4.78, 5) is 32.6. The van der Waals surface area contributed by atoms with Crippen LogP contribution in [0.2, 0.25) is 5.02 Å². The number of nitro groups is 1. The van der Waals surface area contributed by atoms with Gasteiger partial charge in [-0.3, -0.25) is 19.7 Å². The molecule has 0 aromatic heterocycles. The first-order valence-corrected chi connectivity index (χ1v) is 6.21. The average Bonchev–Trinajstić information content (AvgIpc) is 2.36. The van der Waals surface area contributed by atoms with Crippen LogP contribution in [0.3, 0.4) is 0 Å². The van der Waals surface area contributed by atoms with Gasteiger partial charge >= 0.3 is 5.97 Å². The number of nitrogens with zero attached hydrogens (tertiary/aromatic N) is 1. The first-order valence-electron chi connectivity index (χ1n) is 5.83. The second-order valence-electron chi connectivity index (χ2n) is 3.78. The van der Waals surface area contributed by atoms with Gasteiger partial charge in [-0.2, -0.15) is 0 Å². The molecule has 108 valence electrons. The summed E-state index contributed by atoms with van der Waals surface area (Å²) in [6.07, 6.45) is -0.0617. The minimum atomic E-state index is -0.616. The van der Waals surface area contributed by atoms with Gasteiger partial charge in [0.25, 0.3) is 5.69 Å². The number of ether oxygens (including phenoxy) is 1. The van der Waals surface area contributed by atoms with E-state index in [1.807, 2.05) is 0 Å². The number of esters is 1. The van der Waals surface area contributed by atoms with Crippen LogP contribution >= 0.6 is 11.6 Å². The molecule has 1 N–H and O–H groups in total. The Morgan fingerprint density at radius 2 is 2.10 bits per heavy atom. The van der Waals surface area contributed by atoms with E-state index in [4.69, 9.17) is 11.6 Å². The highest BCUT2D eigenvalue weighted by Gasteiger charge is 2.13. The average molecular weight is 301 g/mol. The van der Waals surface area contributed by atoms with Crippen LogP contribution in [0, 0.1) is 10.1 Å². The predicted molar refractivity (Wildman–Crippen MR) is 72.6 cm³/mol. The lowest BCUT2D eigenvalue weighted by Crippen LogP contribution is -2.14. The highest BCUT2D eigenvalue weighted by atomic mass is 35.5. The number of rotatable bonds is 6. The number of carbonyl (C=O) groups excluding carboxylic acids is 2. The zero-order valence-electron chi connectivity index (χ0n) is 10.7. The van der Waals surface area contributed by atoms with Gasteiger partial charge in [0.15, 0.2) is 0 Å². The minimum absolute atomic E-state index is 0.0274. The quantitative estimate of drug-likeness (QED) is 0.494. The normalized spacial score (nSPS) is 9.90. The SMILES string of the molecule is CCOC(=O)CCC(=O)Nc1ccc([N+](=O)[O-])c(Cl)c1. The molecule has 0 bridgehead atoms. The molecule has 0 aliphatic rings. The summed E-state index contributed by atoms with van der Waals surface area (Å²) in [5.41, 5.74) is 0.0886. The highest BCUT2D eigenvalue weighted by molar-refractivity contribution is 6.33. The molecule has 0 heterocycles. The molecule has 0 atom stereocenters. The number of benzene rings is 1. The third kappa shape index (κ3) is 4.85. The van der Waals surface area contributed by atoms with E-state index < -0.39 is 16.8 Å². The maximum Gasteiger partial charge on any atom is 0.306 e. The summed E-state index contributed by atoms with van der Waals surface area (Å²) in [5.74, 6) is -0.854. The molecule has 0 saturated carbocycles. The van der Waals surface area contributed by atoms with Crippen LogP contribution in [-0.4, -0.2) is 23.4 Å². The van der Waals surface area contributed by atoms with E-state index in [1.54, 1.807) is 6.92 Å². The summed E-state index contributed by atoms with van der Waals surface area (Å²) in [5, 5.41) is 13.0. The largest absolute Gasteiger partial charge is 0.466 e. The molecule has 1 aromatic carbocycles. The van der Waals surface area contributed by atoms with E-state index in [-0.39, 0.29) is 30.2 Å². The molecule has 0 radical (unpaired) electrons. The lowest BCUT2D eigenvalue weighted by molar-refractivity contribution is -0.384. The van der Waals surface area contributed by atoms with E-state index >= 15 is 0 Å². The molecular weight excluding hydrogens is 288 g/mol. The predicted octanol–water partition coefficient (Wildman–Crippen LogP) is 2.53. The molecule has 20 heavy (non-hydrogen) atoms. The van der Waals surface area contributed by atoms with E-state index in [0.717, 1.165) is 0 Å². The van der Waals surface area contributed by atoms with Crippen molar-refractivity contribution in [2.24, 2.45) is 0 Å². The standard InChI is InChI=1S/C12H13ClN2O5/c1-2-20-12(17)6-5-11(16)14-8-3-4-10(15(18)19)9(13)7-8/h3-4,7H,2,5-6H2,1H3,(H,14,16). The molecule has 0 aliphatic heterocycles. The summed E-state index contributed by atoms with van der Waals surface area (Å²) in [6.45, 7) is 1.94. The van der Waals surface area contributed by atoms with Crippen LogP contribution in [-0.2, 0) is 14.3 Å². The fraction of sp³-hybridized carbons (Fsp3) is 0.333. The lowest BCUT2D eigenvalue weighted by Gasteiger charge is -2.05. The molecule has 1 amide bonds. The first kappa shape index (κ1) is 15.9.